The number of carbonyl (C=O) groups is 1. The first-order valence-corrected chi connectivity index (χ1v) is 9.79. The fourth-order valence-electron chi connectivity index (χ4n) is 3.79. The summed E-state index contributed by atoms with van der Waals surface area (Å²) in [5.74, 6) is 0.200. The van der Waals surface area contributed by atoms with Crippen LogP contribution < -0.4 is 10.2 Å². The zero-order chi connectivity index (χ0) is 20.5. The smallest absolute Gasteiger partial charge is 0.416 e. The minimum atomic E-state index is -0.594. The van der Waals surface area contributed by atoms with Gasteiger partial charge >= 0.3 is 6.09 Å². The lowest BCUT2D eigenvalue weighted by Crippen LogP contribution is -2.55. The van der Waals surface area contributed by atoms with E-state index in [2.05, 4.69) is 31.3 Å². The first-order valence-electron chi connectivity index (χ1n) is 9.79. The number of carbonyl (C=O) groups excluding carboxylic acids is 1. The maximum atomic E-state index is 13.1. The molecule has 150 valence electrons. The Morgan fingerprint density at radius 3 is 2.50 bits per heavy atom. The second kappa shape index (κ2) is 7.47. The molecule has 2 aromatic carbocycles. The molecule has 0 fully saturated rings. The number of aromatic hydroxyl groups is 1. The van der Waals surface area contributed by atoms with Gasteiger partial charge in [-0.2, -0.15) is 0 Å². The molecule has 1 amide bonds. The number of nitrogens with one attached hydrogen (secondary N) is 1. The first-order chi connectivity index (χ1) is 13.2. The van der Waals surface area contributed by atoms with Crippen molar-refractivity contribution in [1.29, 1.82) is 0 Å². The third-order valence-electron chi connectivity index (χ3n) is 5.38. The van der Waals surface area contributed by atoms with Gasteiger partial charge in [-0.15, -0.1) is 0 Å². The highest BCUT2D eigenvalue weighted by molar-refractivity contribution is 5.92. The van der Waals surface area contributed by atoms with E-state index in [4.69, 9.17) is 4.74 Å². The molecule has 0 radical (unpaired) electrons. The highest BCUT2D eigenvalue weighted by Gasteiger charge is 2.50. The van der Waals surface area contributed by atoms with Crippen molar-refractivity contribution in [3.8, 4) is 5.75 Å². The summed E-state index contributed by atoms with van der Waals surface area (Å²) in [5.41, 5.74) is 1.92. The van der Waals surface area contributed by atoms with Crippen molar-refractivity contribution in [2.45, 2.75) is 64.8 Å². The molecule has 0 bridgehead atoms. The van der Waals surface area contributed by atoms with Crippen molar-refractivity contribution in [3.05, 3.63) is 59.7 Å². The number of nitrogens with zero attached hydrogens (tertiary/aromatic N) is 1. The Balaban J connectivity index is 2.00. The number of rotatable bonds is 4. The Bertz CT molecular complexity index is 845. The standard InChI is InChI=1S/C23H30N2O3/c1-6-23(5)18-14-17(26)12-13-19(18)25(21(27)28-22(2,3)4)20(23)24-15-16-10-8-7-9-11-16/h7-14,20,24,26H,6,15H2,1-5H3/t20?,23-/m0/s1. The molecular weight excluding hydrogens is 352 g/mol. The van der Waals surface area contributed by atoms with Crippen molar-refractivity contribution < 1.29 is 14.6 Å². The molecule has 1 aliphatic heterocycles. The Kier molecular flexibility index (Phi) is 5.39. The van der Waals surface area contributed by atoms with Gasteiger partial charge in [-0.25, -0.2) is 4.79 Å². The average Bonchev–Trinajstić information content (AvgIpc) is 2.88. The Labute approximate surface area is 167 Å². The molecule has 5 heteroatoms. The van der Waals surface area contributed by atoms with Crippen molar-refractivity contribution in [1.82, 2.24) is 5.32 Å². The zero-order valence-electron chi connectivity index (χ0n) is 17.3. The lowest BCUT2D eigenvalue weighted by atomic mass is 9.79. The highest BCUT2D eigenvalue weighted by atomic mass is 16.6. The lowest BCUT2D eigenvalue weighted by molar-refractivity contribution is 0.0548. The van der Waals surface area contributed by atoms with Gasteiger partial charge in [-0.05, 0) is 56.5 Å². The molecule has 1 heterocycles. The van der Waals surface area contributed by atoms with Crippen LogP contribution in [-0.4, -0.2) is 23.0 Å². The minimum absolute atomic E-state index is 0.200. The zero-order valence-corrected chi connectivity index (χ0v) is 17.3. The van der Waals surface area contributed by atoms with Gasteiger partial charge in [0.15, 0.2) is 0 Å². The monoisotopic (exact) mass is 382 g/mol. The summed E-state index contributed by atoms with van der Waals surface area (Å²) in [7, 11) is 0. The topological polar surface area (TPSA) is 61.8 Å². The van der Waals surface area contributed by atoms with Crippen LogP contribution in [0.15, 0.2) is 48.5 Å². The van der Waals surface area contributed by atoms with Crippen molar-refractivity contribution >= 4 is 11.8 Å². The van der Waals surface area contributed by atoms with E-state index in [0.29, 0.717) is 6.54 Å². The minimum Gasteiger partial charge on any atom is -0.508 e. The van der Waals surface area contributed by atoms with Gasteiger partial charge < -0.3 is 9.84 Å². The van der Waals surface area contributed by atoms with E-state index in [0.717, 1.165) is 23.2 Å². The van der Waals surface area contributed by atoms with Crippen molar-refractivity contribution in [2.24, 2.45) is 0 Å². The van der Waals surface area contributed by atoms with Crippen LogP contribution in [0.25, 0.3) is 0 Å². The first kappa shape index (κ1) is 20.2. The van der Waals surface area contributed by atoms with Gasteiger partial charge in [-0.1, -0.05) is 44.2 Å². The molecule has 3 rings (SSSR count). The van der Waals surface area contributed by atoms with Crippen LogP contribution in [0.1, 0.15) is 52.2 Å². The number of hydrogen-bond acceptors (Lipinski definition) is 4. The summed E-state index contributed by atoms with van der Waals surface area (Å²) in [6.45, 7) is 10.4. The van der Waals surface area contributed by atoms with Gasteiger partial charge in [0.1, 0.15) is 17.5 Å². The van der Waals surface area contributed by atoms with Crippen LogP contribution >= 0.6 is 0 Å². The number of phenols is 1. The Morgan fingerprint density at radius 1 is 1.21 bits per heavy atom. The summed E-state index contributed by atoms with van der Waals surface area (Å²) in [6.07, 6.45) is 0.126. The van der Waals surface area contributed by atoms with Crippen LogP contribution in [-0.2, 0) is 16.7 Å². The number of ether oxygens (including phenoxy) is 1. The molecule has 5 nitrogen and oxygen atoms in total. The molecule has 2 N–H and O–H groups in total. The summed E-state index contributed by atoms with van der Waals surface area (Å²) in [4.78, 5) is 14.8. The normalized spacial score (nSPS) is 21.5. The number of benzene rings is 2. The van der Waals surface area contributed by atoms with Crippen LogP contribution in [0.4, 0.5) is 10.5 Å². The second-order valence-corrected chi connectivity index (χ2v) is 8.59. The van der Waals surface area contributed by atoms with Crippen LogP contribution in [0.2, 0.25) is 0 Å². The Hall–Kier alpha value is -2.53. The number of fused-ring (bicyclic) bond motifs is 1. The molecule has 1 aliphatic rings. The molecule has 0 aromatic heterocycles. The molecule has 1 unspecified atom stereocenters. The largest absolute Gasteiger partial charge is 0.508 e. The number of amides is 1. The third-order valence-corrected chi connectivity index (χ3v) is 5.38. The second-order valence-electron chi connectivity index (χ2n) is 8.59. The molecule has 0 saturated carbocycles. The molecule has 28 heavy (non-hydrogen) atoms. The van der Waals surface area contributed by atoms with Gasteiger partial charge in [0, 0.05) is 12.0 Å². The van der Waals surface area contributed by atoms with Gasteiger partial charge in [0.2, 0.25) is 0 Å². The Morgan fingerprint density at radius 2 is 1.89 bits per heavy atom. The molecule has 2 atom stereocenters. The van der Waals surface area contributed by atoms with E-state index in [9.17, 15) is 9.90 Å². The summed E-state index contributed by atoms with van der Waals surface area (Å²) in [5, 5.41) is 13.6. The molecule has 0 spiro atoms. The van der Waals surface area contributed by atoms with Crippen LogP contribution in [0, 0.1) is 0 Å². The SMILES string of the molecule is CC[C@@]1(C)c2cc(O)ccc2N(C(=O)OC(C)(C)C)C1NCc1ccccc1. The quantitative estimate of drug-likeness (QED) is 0.787. The highest BCUT2D eigenvalue weighted by Crippen LogP contribution is 2.48. The van der Waals surface area contributed by atoms with Gasteiger partial charge in [-0.3, -0.25) is 10.2 Å². The number of phenolic OH excluding ortho intramolecular Hbond substituents is 1. The average molecular weight is 383 g/mol. The maximum Gasteiger partial charge on any atom is 0.416 e. The summed E-state index contributed by atoms with van der Waals surface area (Å²) < 4.78 is 5.71. The van der Waals surface area contributed by atoms with E-state index >= 15 is 0 Å². The van der Waals surface area contributed by atoms with E-state index in [1.807, 2.05) is 39.0 Å². The van der Waals surface area contributed by atoms with E-state index in [-0.39, 0.29) is 23.4 Å². The van der Waals surface area contributed by atoms with Gasteiger partial charge in [0.05, 0.1) is 5.69 Å². The third kappa shape index (κ3) is 3.85. The summed E-state index contributed by atoms with van der Waals surface area (Å²) in [6, 6.07) is 15.3. The molecular formula is C23H30N2O3. The van der Waals surface area contributed by atoms with E-state index in [1.54, 1.807) is 23.1 Å². The predicted octanol–water partition coefficient (Wildman–Crippen LogP) is 4.93. The van der Waals surface area contributed by atoms with Crippen LogP contribution in [0.3, 0.4) is 0 Å². The fraction of sp³-hybridized carbons (Fsp3) is 0.435. The summed E-state index contributed by atoms with van der Waals surface area (Å²) >= 11 is 0. The van der Waals surface area contributed by atoms with Crippen molar-refractivity contribution in [2.75, 3.05) is 4.90 Å². The fourth-order valence-corrected chi connectivity index (χ4v) is 3.79. The number of hydrogen-bond donors (Lipinski definition) is 2. The van der Waals surface area contributed by atoms with Crippen LogP contribution in [0.5, 0.6) is 5.75 Å². The lowest BCUT2D eigenvalue weighted by Gasteiger charge is -2.36. The maximum absolute atomic E-state index is 13.1. The van der Waals surface area contributed by atoms with E-state index < -0.39 is 5.60 Å². The molecule has 2 aromatic rings. The predicted molar refractivity (Wildman–Crippen MR) is 112 cm³/mol. The molecule has 0 saturated heterocycles. The molecule has 0 aliphatic carbocycles. The number of anilines is 1. The van der Waals surface area contributed by atoms with Crippen molar-refractivity contribution in [3.63, 3.8) is 0 Å². The van der Waals surface area contributed by atoms with Gasteiger partial charge in [0.25, 0.3) is 0 Å². The van der Waals surface area contributed by atoms with E-state index in [1.165, 1.54) is 0 Å².